The van der Waals surface area contributed by atoms with Crippen molar-refractivity contribution < 1.29 is 4.79 Å². The molecule has 1 amide bonds. The van der Waals surface area contributed by atoms with E-state index in [1.807, 2.05) is 25.1 Å². The molecule has 3 rings (SSSR count). The van der Waals surface area contributed by atoms with Crippen LogP contribution in [0, 0.1) is 13.8 Å². The second kappa shape index (κ2) is 7.96. The normalized spacial score (nSPS) is 12.3. The van der Waals surface area contributed by atoms with Gasteiger partial charge in [0.15, 0.2) is 5.16 Å². The molecule has 0 aliphatic heterocycles. The molecule has 0 aliphatic carbocycles. The Morgan fingerprint density at radius 3 is 2.69 bits per heavy atom. The number of para-hydroxylation sites is 2. The minimum Gasteiger partial charge on any atom is -0.349 e. The molecule has 26 heavy (non-hydrogen) atoms. The van der Waals surface area contributed by atoms with E-state index in [0.717, 1.165) is 28.3 Å². The molecule has 1 aromatic heterocycles. The van der Waals surface area contributed by atoms with Gasteiger partial charge in [-0.05, 0) is 56.5 Å². The Morgan fingerprint density at radius 1 is 1.19 bits per heavy atom. The van der Waals surface area contributed by atoms with Crippen LogP contribution >= 0.6 is 11.8 Å². The summed E-state index contributed by atoms with van der Waals surface area (Å²) < 4.78 is 2.15. The molecule has 3 aromatic rings. The van der Waals surface area contributed by atoms with Crippen molar-refractivity contribution in [3.8, 4) is 0 Å². The van der Waals surface area contributed by atoms with Gasteiger partial charge in [0, 0.05) is 6.54 Å². The predicted molar refractivity (Wildman–Crippen MR) is 109 cm³/mol. The highest BCUT2D eigenvalue weighted by Crippen LogP contribution is 2.24. The molecule has 0 bridgehead atoms. The van der Waals surface area contributed by atoms with Crippen LogP contribution in [-0.2, 0) is 11.3 Å². The lowest BCUT2D eigenvalue weighted by Gasteiger charge is -2.15. The minimum absolute atomic E-state index is 0.00704. The van der Waals surface area contributed by atoms with Crippen molar-refractivity contribution in [2.24, 2.45) is 0 Å². The second-order valence-electron chi connectivity index (χ2n) is 6.55. The molecule has 2 aromatic carbocycles. The first-order valence-electron chi connectivity index (χ1n) is 8.94. The maximum absolute atomic E-state index is 12.4. The predicted octanol–water partition coefficient (Wildman–Crippen LogP) is 4.64. The van der Waals surface area contributed by atoms with E-state index in [2.05, 4.69) is 59.9 Å². The first kappa shape index (κ1) is 18.5. The molecule has 0 aliphatic rings. The number of nitrogens with zero attached hydrogens (tertiary/aromatic N) is 2. The third-order valence-corrected chi connectivity index (χ3v) is 5.65. The Bertz CT molecular complexity index is 932. The lowest BCUT2D eigenvalue weighted by molar-refractivity contribution is -0.119. The number of imidazole rings is 1. The summed E-state index contributed by atoms with van der Waals surface area (Å²) >= 11 is 1.49. The summed E-state index contributed by atoms with van der Waals surface area (Å²) in [4.78, 5) is 17.1. The lowest BCUT2D eigenvalue weighted by Crippen LogP contribution is -2.28. The summed E-state index contributed by atoms with van der Waals surface area (Å²) in [5, 5.41) is 3.98. The van der Waals surface area contributed by atoms with Gasteiger partial charge < -0.3 is 9.88 Å². The van der Waals surface area contributed by atoms with Gasteiger partial charge >= 0.3 is 0 Å². The summed E-state index contributed by atoms with van der Waals surface area (Å²) in [6.45, 7) is 9.15. The molecule has 136 valence electrons. The summed E-state index contributed by atoms with van der Waals surface area (Å²) in [7, 11) is 0. The Balaban J connectivity index is 1.64. The Labute approximate surface area is 159 Å². The minimum atomic E-state index is -0.00704. The van der Waals surface area contributed by atoms with Crippen molar-refractivity contribution in [3.63, 3.8) is 0 Å². The Kier molecular flexibility index (Phi) is 5.67. The van der Waals surface area contributed by atoms with Gasteiger partial charge in [-0.25, -0.2) is 4.98 Å². The molecule has 1 N–H and O–H groups in total. The van der Waals surface area contributed by atoms with Crippen LogP contribution in [0.15, 0.2) is 47.6 Å². The fourth-order valence-corrected chi connectivity index (χ4v) is 3.89. The number of hydrogen-bond acceptors (Lipinski definition) is 3. The fourth-order valence-electron chi connectivity index (χ4n) is 3.00. The topological polar surface area (TPSA) is 46.9 Å². The highest BCUT2D eigenvalue weighted by atomic mass is 32.2. The molecular weight excluding hydrogens is 342 g/mol. The average Bonchev–Trinajstić information content (AvgIpc) is 2.99. The SMILES string of the molecule is CCn1c(SCC(=O)N[C@@H](C)c2ccc(C)c(C)c2)nc2ccccc21. The number of carbonyl (C=O) groups is 1. The Morgan fingerprint density at radius 2 is 1.96 bits per heavy atom. The summed E-state index contributed by atoms with van der Waals surface area (Å²) in [6.07, 6.45) is 0. The smallest absolute Gasteiger partial charge is 0.230 e. The van der Waals surface area contributed by atoms with E-state index >= 15 is 0 Å². The molecule has 4 nitrogen and oxygen atoms in total. The third kappa shape index (κ3) is 3.93. The highest BCUT2D eigenvalue weighted by Gasteiger charge is 2.14. The van der Waals surface area contributed by atoms with Crippen LogP contribution in [0.2, 0.25) is 0 Å². The van der Waals surface area contributed by atoms with Gasteiger partial charge in [-0.3, -0.25) is 4.79 Å². The van der Waals surface area contributed by atoms with Crippen LogP contribution in [0.5, 0.6) is 0 Å². The first-order valence-corrected chi connectivity index (χ1v) is 9.92. The van der Waals surface area contributed by atoms with Gasteiger partial charge in [0.2, 0.25) is 5.91 Å². The number of fused-ring (bicyclic) bond motifs is 1. The fraction of sp³-hybridized carbons (Fsp3) is 0.333. The zero-order valence-electron chi connectivity index (χ0n) is 15.7. The van der Waals surface area contributed by atoms with Crippen LogP contribution in [0.1, 0.15) is 36.6 Å². The molecule has 0 unspecified atom stereocenters. The van der Waals surface area contributed by atoms with Gasteiger partial charge in [0.05, 0.1) is 22.8 Å². The number of amides is 1. The van der Waals surface area contributed by atoms with Crippen molar-refractivity contribution in [2.45, 2.75) is 45.4 Å². The van der Waals surface area contributed by atoms with Gasteiger partial charge in [0.1, 0.15) is 0 Å². The van der Waals surface area contributed by atoms with E-state index in [-0.39, 0.29) is 11.9 Å². The number of rotatable bonds is 6. The molecule has 0 radical (unpaired) electrons. The van der Waals surface area contributed by atoms with Gasteiger partial charge in [0.25, 0.3) is 0 Å². The van der Waals surface area contributed by atoms with Crippen LogP contribution in [0.4, 0.5) is 0 Å². The molecule has 1 heterocycles. The van der Waals surface area contributed by atoms with Crippen LogP contribution in [0.3, 0.4) is 0 Å². The number of thioether (sulfide) groups is 1. The van der Waals surface area contributed by atoms with Crippen molar-refractivity contribution in [1.29, 1.82) is 0 Å². The number of hydrogen-bond donors (Lipinski definition) is 1. The van der Waals surface area contributed by atoms with Gasteiger partial charge in [-0.15, -0.1) is 0 Å². The number of aromatic nitrogens is 2. The van der Waals surface area contributed by atoms with Crippen LogP contribution in [-0.4, -0.2) is 21.2 Å². The van der Waals surface area contributed by atoms with Crippen molar-refractivity contribution in [3.05, 3.63) is 59.2 Å². The Hall–Kier alpha value is -2.27. The number of benzene rings is 2. The highest BCUT2D eigenvalue weighted by molar-refractivity contribution is 7.99. The van der Waals surface area contributed by atoms with E-state index in [0.29, 0.717) is 5.75 Å². The van der Waals surface area contributed by atoms with E-state index in [1.54, 1.807) is 0 Å². The molecule has 0 spiro atoms. The summed E-state index contributed by atoms with van der Waals surface area (Å²) in [5.74, 6) is 0.383. The molecular formula is C21H25N3OS. The molecule has 0 saturated carbocycles. The summed E-state index contributed by atoms with van der Waals surface area (Å²) in [5.41, 5.74) is 5.73. The van der Waals surface area contributed by atoms with Crippen molar-refractivity contribution in [1.82, 2.24) is 14.9 Å². The van der Waals surface area contributed by atoms with Crippen molar-refractivity contribution in [2.75, 3.05) is 5.75 Å². The molecule has 0 saturated heterocycles. The zero-order valence-corrected chi connectivity index (χ0v) is 16.6. The van der Waals surface area contributed by atoms with Crippen LogP contribution < -0.4 is 5.32 Å². The molecule has 5 heteroatoms. The third-order valence-electron chi connectivity index (χ3n) is 4.68. The number of nitrogens with one attached hydrogen (secondary N) is 1. The molecule has 1 atom stereocenters. The van der Waals surface area contributed by atoms with E-state index in [9.17, 15) is 4.79 Å². The number of aryl methyl sites for hydroxylation is 3. The van der Waals surface area contributed by atoms with E-state index in [4.69, 9.17) is 0 Å². The van der Waals surface area contributed by atoms with Crippen molar-refractivity contribution >= 4 is 28.7 Å². The van der Waals surface area contributed by atoms with Gasteiger partial charge in [-0.1, -0.05) is 42.1 Å². The lowest BCUT2D eigenvalue weighted by atomic mass is 10.0. The second-order valence-corrected chi connectivity index (χ2v) is 7.49. The van der Waals surface area contributed by atoms with E-state index < -0.39 is 0 Å². The molecule has 0 fully saturated rings. The van der Waals surface area contributed by atoms with Gasteiger partial charge in [-0.2, -0.15) is 0 Å². The standard InChI is InChI=1S/C21H25N3OS/c1-5-24-19-9-7-6-8-18(19)23-21(24)26-13-20(25)22-16(4)17-11-10-14(2)15(3)12-17/h6-12,16H,5,13H2,1-4H3,(H,22,25)/t16-/m0/s1. The first-order chi connectivity index (χ1) is 12.5. The number of carbonyl (C=O) groups excluding carboxylic acids is 1. The van der Waals surface area contributed by atoms with E-state index in [1.165, 1.54) is 22.9 Å². The quantitative estimate of drug-likeness (QED) is 0.646. The monoisotopic (exact) mass is 367 g/mol. The summed E-state index contributed by atoms with van der Waals surface area (Å²) in [6, 6.07) is 14.4. The maximum Gasteiger partial charge on any atom is 0.230 e. The average molecular weight is 368 g/mol. The maximum atomic E-state index is 12.4. The van der Waals surface area contributed by atoms with Crippen LogP contribution in [0.25, 0.3) is 11.0 Å². The largest absolute Gasteiger partial charge is 0.349 e. The zero-order chi connectivity index (χ0) is 18.7.